The van der Waals surface area contributed by atoms with Gasteiger partial charge in [0.2, 0.25) is 0 Å². The maximum Gasteiger partial charge on any atom is 0.303 e. The largest absolute Gasteiger partial charge is 0.459 e. The summed E-state index contributed by atoms with van der Waals surface area (Å²) in [5, 5.41) is 11.8. The van der Waals surface area contributed by atoms with Crippen molar-refractivity contribution in [1.82, 2.24) is 0 Å². The topological polar surface area (TPSA) is 93.0 Å². The van der Waals surface area contributed by atoms with Crippen molar-refractivity contribution in [2.24, 2.45) is 5.16 Å². The first-order valence-electron chi connectivity index (χ1n) is 4.99. The molecule has 1 aromatic carbocycles. The molecule has 0 aliphatic carbocycles. The summed E-state index contributed by atoms with van der Waals surface area (Å²) in [7, 11) is -3.27. The number of carbonyl (C=O) groups excluding carboxylic acids is 1. The zero-order valence-electron chi connectivity index (χ0n) is 9.95. The zero-order valence-corrected chi connectivity index (χ0v) is 10.8. The molecular weight excluding hydrogens is 258 g/mol. The number of hydrogen-bond acceptors (Lipinski definition) is 6. The molecule has 0 aromatic heterocycles. The smallest absolute Gasteiger partial charge is 0.303 e. The molecule has 0 unspecified atom stereocenters. The van der Waals surface area contributed by atoms with E-state index in [0.29, 0.717) is 5.56 Å². The standard InChI is InChI=1S/C11H13NO5S/c1-8(13)17-7-11(12-14)9-3-5-10(6-4-9)18(2,15)16/h3-6,14H,7H2,1-2H3/b12-11-. The molecule has 0 bridgehead atoms. The van der Waals surface area contributed by atoms with E-state index in [2.05, 4.69) is 5.16 Å². The molecule has 98 valence electrons. The molecule has 18 heavy (non-hydrogen) atoms. The van der Waals surface area contributed by atoms with Crippen LogP contribution in [0.15, 0.2) is 34.3 Å². The van der Waals surface area contributed by atoms with Gasteiger partial charge in [-0.25, -0.2) is 8.42 Å². The van der Waals surface area contributed by atoms with Crippen molar-refractivity contribution in [1.29, 1.82) is 0 Å². The first-order valence-corrected chi connectivity index (χ1v) is 6.88. The van der Waals surface area contributed by atoms with Gasteiger partial charge in [-0.1, -0.05) is 17.3 Å². The Kier molecular flexibility index (Phi) is 4.43. The number of ether oxygens (including phenoxy) is 1. The second-order valence-electron chi connectivity index (χ2n) is 3.62. The minimum absolute atomic E-state index is 0.144. The van der Waals surface area contributed by atoms with Crippen molar-refractivity contribution >= 4 is 21.5 Å². The average molecular weight is 271 g/mol. The second kappa shape index (κ2) is 5.63. The Bertz CT molecular complexity index is 560. The molecule has 7 heteroatoms. The molecule has 1 N–H and O–H groups in total. The molecule has 0 saturated carbocycles. The van der Waals surface area contributed by atoms with E-state index in [1.165, 1.54) is 31.2 Å². The number of rotatable bonds is 4. The van der Waals surface area contributed by atoms with Crippen LogP contribution in [-0.2, 0) is 19.4 Å². The molecule has 0 radical (unpaired) electrons. The van der Waals surface area contributed by atoms with Gasteiger partial charge in [0.1, 0.15) is 12.3 Å². The summed E-state index contributed by atoms with van der Waals surface area (Å²) in [6.07, 6.45) is 1.10. The fraction of sp³-hybridized carbons (Fsp3) is 0.273. The first-order chi connectivity index (χ1) is 8.34. The Morgan fingerprint density at radius 3 is 2.28 bits per heavy atom. The van der Waals surface area contributed by atoms with Crippen molar-refractivity contribution in [3.8, 4) is 0 Å². The highest BCUT2D eigenvalue weighted by molar-refractivity contribution is 7.90. The van der Waals surface area contributed by atoms with E-state index < -0.39 is 15.8 Å². The van der Waals surface area contributed by atoms with Crippen LogP contribution in [0.25, 0.3) is 0 Å². The lowest BCUT2D eigenvalue weighted by atomic mass is 10.1. The molecule has 0 fully saturated rings. The lowest BCUT2D eigenvalue weighted by molar-refractivity contribution is -0.139. The molecular formula is C11H13NO5S. The lowest BCUT2D eigenvalue weighted by Crippen LogP contribution is -2.13. The van der Waals surface area contributed by atoms with Crippen molar-refractivity contribution in [3.05, 3.63) is 29.8 Å². The summed E-state index contributed by atoms with van der Waals surface area (Å²) >= 11 is 0. The van der Waals surface area contributed by atoms with Gasteiger partial charge >= 0.3 is 5.97 Å². The van der Waals surface area contributed by atoms with Crippen LogP contribution in [0, 0.1) is 0 Å². The minimum atomic E-state index is -3.27. The number of hydrogen-bond donors (Lipinski definition) is 1. The Morgan fingerprint density at radius 1 is 1.33 bits per heavy atom. The molecule has 0 amide bonds. The Morgan fingerprint density at radius 2 is 1.89 bits per heavy atom. The maximum absolute atomic E-state index is 11.2. The third kappa shape index (κ3) is 3.85. The summed E-state index contributed by atoms with van der Waals surface area (Å²) in [5.41, 5.74) is 0.622. The number of sulfone groups is 1. The first kappa shape index (κ1) is 14.2. The van der Waals surface area contributed by atoms with Crippen LogP contribution >= 0.6 is 0 Å². The van der Waals surface area contributed by atoms with Gasteiger partial charge in [-0.05, 0) is 12.1 Å². The van der Waals surface area contributed by atoms with Crippen molar-refractivity contribution in [2.75, 3.05) is 12.9 Å². The maximum atomic E-state index is 11.2. The molecule has 0 aliphatic rings. The van der Waals surface area contributed by atoms with Gasteiger partial charge in [-0.3, -0.25) is 4.79 Å². The van der Waals surface area contributed by atoms with Crippen LogP contribution in [0.3, 0.4) is 0 Å². The van der Waals surface area contributed by atoms with E-state index in [-0.39, 0.29) is 17.2 Å². The summed E-state index contributed by atoms with van der Waals surface area (Å²) in [6, 6.07) is 5.75. The van der Waals surface area contributed by atoms with Gasteiger partial charge in [0.25, 0.3) is 0 Å². The van der Waals surface area contributed by atoms with E-state index in [0.717, 1.165) is 6.26 Å². The third-order valence-electron chi connectivity index (χ3n) is 2.15. The summed E-state index contributed by atoms with van der Waals surface area (Å²) in [5.74, 6) is -0.496. The molecule has 0 spiro atoms. The zero-order chi connectivity index (χ0) is 13.8. The molecule has 1 aromatic rings. The lowest BCUT2D eigenvalue weighted by Gasteiger charge is -2.05. The number of esters is 1. The molecule has 1 rings (SSSR count). The monoisotopic (exact) mass is 271 g/mol. The van der Waals surface area contributed by atoms with E-state index >= 15 is 0 Å². The predicted octanol–water partition coefficient (Wildman–Crippen LogP) is 0.832. The summed E-state index contributed by atoms with van der Waals surface area (Å²) < 4.78 is 27.2. The van der Waals surface area contributed by atoms with Gasteiger partial charge in [0.05, 0.1) is 4.90 Å². The highest BCUT2D eigenvalue weighted by Crippen LogP contribution is 2.11. The normalized spacial score (nSPS) is 12.2. The van der Waals surface area contributed by atoms with Gasteiger partial charge in [0.15, 0.2) is 9.84 Å². The molecule has 0 heterocycles. The number of carbonyl (C=O) groups is 1. The van der Waals surface area contributed by atoms with Crippen molar-refractivity contribution < 1.29 is 23.2 Å². The molecule has 6 nitrogen and oxygen atoms in total. The third-order valence-corrected chi connectivity index (χ3v) is 3.28. The number of benzene rings is 1. The van der Waals surface area contributed by atoms with Crippen LogP contribution in [0.1, 0.15) is 12.5 Å². The van der Waals surface area contributed by atoms with Crippen LogP contribution in [0.2, 0.25) is 0 Å². The van der Waals surface area contributed by atoms with E-state index in [4.69, 9.17) is 9.94 Å². The van der Waals surface area contributed by atoms with Crippen molar-refractivity contribution in [2.45, 2.75) is 11.8 Å². The van der Waals surface area contributed by atoms with Crippen molar-refractivity contribution in [3.63, 3.8) is 0 Å². The van der Waals surface area contributed by atoms with Crippen LogP contribution < -0.4 is 0 Å². The second-order valence-corrected chi connectivity index (χ2v) is 5.64. The predicted molar refractivity (Wildman–Crippen MR) is 64.5 cm³/mol. The van der Waals surface area contributed by atoms with E-state index in [1.54, 1.807) is 0 Å². The quantitative estimate of drug-likeness (QED) is 0.379. The Balaban J connectivity index is 2.93. The molecule has 0 aliphatic heterocycles. The van der Waals surface area contributed by atoms with E-state index in [1.807, 2.05) is 0 Å². The summed E-state index contributed by atoms with van der Waals surface area (Å²) in [6.45, 7) is 1.06. The fourth-order valence-electron chi connectivity index (χ4n) is 1.23. The number of oxime groups is 1. The molecule has 0 saturated heterocycles. The highest BCUT2D eigenvalue weighted by Gasteiger charge is 2.10. The van der Waals surface area contributed by atoms with E-state index in [9.17, 15) is 13.2 Å². The van der Waals surface area contributed by atoms with Crippen LogP contribution in [0.5, 0.6) is 0 Å². The highest BCUT2D eigenvalue weighted by atomic mass is 32.2. The van der Waals surface area contributed by atoms with Gasteiger partial charge in [0, 0.05) is 18.7 Å². The number of nitrogens with zero attached hydrogens (tertiary/aromatic N) is 1. The van der Waals surface area contributed by atoms with Crippen LogP contribution in [0.4, 0.5) is 0 Å². The van der Waals surface area contributed by atoms with Gasteiger partial charge in [-0.15, -0.1) is 0 Å². The fourth-order valence-corrected chi connectivity index (χ4v) is 1.86. The minimum Gasteiger partial charge on any atom is -0.459 e. The average Bonchev–Trinajstić information content (AvgIpc) is 2.29. The Labute approximate surface area is 105 Å². The molecule has 0 atom stereocenters. The SMILES string of the molecule is CC(=O)OC/C(=N/O)c1ccc(S(C)(=O)=O)cc1. The van der Waals surface area contributed by atoms with Gasteiger partial charge in [-0.2, -0.15) is 0 Å². The van der Waals surface area contributed by atoms with Crippen LogP contribution in [-0.4, -0.2) is 38.2 Å². The van der Waals surface area contributed by atoms with Gasteiger partial charge < -0.3 is 9.94 Å². The summed E-state index contributed by atoms with van der Waals surface area (Å²) in [4.78, 5) is 10.8. The Hall–Kier alpha value is -1.89.